The van der Waals surface area contributed by atoms with Gasteiger partial charge in [-0.2, -0.15) is 0 Å². The topological polar surface area (TPSA) is 192 Å². The Labute approximate surface area is 238 Å². The predicted molar refractivity (Wildman–Crippen MR) is 144 cm³/mol. The standard InChI is InChI=1S/C28H40N2O11/c1-37-17-7-3-15(4-8-17)11-29-21-24(34)23(33)20(14-39-28-26(36)25(35)22(32)19(13-31)41-28)40-27(21)30-12-16-5-9-18(38-2)10-6-16/h3-10,19-36H,11-14H2,1-2H3/t19-,20-,21-,22-,23-,24-,25+,26-,27?,28+/m1/s1. The van der Waals surface area contributed by atoms with Crippen molar-refractivity contribution in [3.05, 3.63) is 59.7 Å². The minimum atomic E-state index is -1.61. The summed E-state index contributed by atoms with van der Waals surface area (Å²) in [5.41, 5.74) is 1.85. The summed E-state index contributed by atoms with van der Waals surface area (Å²) in [7, 11) is 3.17. The van der Waals surface area contributed by atoms with Gasteiger partial charge in [-0.1, -0.05) is 24.3 Å². The first kappa shape index (κ1) is 31.5. The van der Waals surface area contributed by atoms with Crippen LogP contribution in [-0.4, -0.2) is 119 Å². The molecule has 13 nitrogen and oxygen atoms in total. The van der Waals surface area contributed by atoms with Crippen LogP contribution < -0.4 is 20.1 Å². The van der Waals surface area contributed by atoms with Gasteiger partial charge in [0, 0.05) is 13.1 Å². The van der Waals surface area contributed by atoms with Crippen LogP contribution in [0.4, 0.5) is 0 Å². The van der Waals surface area contributed by atoms with Crippen LogP contribution in [-0.2, 0) is 27.3 Å². The number of nitrogens with one attached hydrogen (secondary N) is 2. The molecule has 0 bridgehead atoms. The summed E-state index contributed by atoms with van der Waals surface area (Å²) in [4.78, 5) is 0. The number of methoxy groups -OCH3 is 2. The molecule has 4 rings (SSSR count). The molecule has 2 fully saturated rings. The number of aliphatic hydroxyl groups excluding tert-OH is 6. The zero-order valence-electron chi connectivity index (χ0n) is 22.9. The fourth-order valence-corrected chi connectivity index (χ4v) is 4.84. The Hall–Kier alpha value is -2.40. The molecule has 41 heavy (non-hydrogen) atoms. The van der Waals surface area contributed by atoms with E-state index in [9.17, 15) is 30.6 Å². The Morgan fingerprint density at radius 1 is 0.659 bits per heavy atom. The highest BCUT2D eigenvalue weighted by molar-refractivity contribution is 5.28. The third kappa shape index (κ3) is 7.71. The molecule has 2 saturated heterocycles. The molecule has 13 heteroatoms. The largest absolute Gasteiger partial charge is 0.497 e. The van der Waals surface area contributed by atoms with Gasteiger partial charge in [0.1, 0.15) is 60.5 Å². The lowest BCUT2D eigenvalue weighted by Crippen LogP contribution is -2.67. The van der Waals surface area contributed by atoms with E-state index in [0.717, 1.165) is 11.1 Å². The Bertz CT molecular complexity index is 1060. The van der Waals surface area contributed by atoms with Crippen molar-refractivity contribution >= 4 is 0 Å². The Kier molecular flexibility index (Phi) is 11.3. The second-order valence-electron chi connectivity index (χ2n) is 10.1. The van der Waals surface area contributed by atoms with Crippen molar-refractivity contribution < 1.29 is 54.3 Å². The number of aliphatic hydroxyl groups is 6. The van der Waals surface area contributed by atoms with E-state index in [0.29, 0.717) is 24.6 Å². The molecule has 0 radical (unpaired) electrons. The van der Waals surface area contributed by atoms with Crippen molar-refractivity contribution in [3.8, 4) is 11.5 Å². The molecule has 2 aromatic rings. The lowest BCUT2D eigenvalue weighted by atomic mass is 9.95. The first-order valence-electron chi connectivity index (χ1n) is 13.4. The van der Waals surface area contributed by atoms with Gasteiger partial charge in [0.15, 0.2) is 6.29 Å². The van der Waals surface area contributed by atoms with E-state index in [-0.39, 0.29) is 6.61 Å². The van der Waals surface area contributed by atoms with Crippen LogP contribution in [0, 0.1) is 0 Å². The van der Waals surface area contributed by atoms with Gasteiger partial charge in [-0.25, -0.2) is 0 Å². The molecule has 1 unspecified atom stereocenters. The fourth-order valence-electron chi connectivity index (χ4n) is 4.84. The molecule has 228 valence electrons. The second kappa shape index (κ2) is 14.7. The number of benzene rings is 2. The van der Waals surface area contributed by atoms with Crippen LogP contribution in [0.3, 0.4) is 0 Å². The maximum Gasteiger partial charge on any atom is 0.186 e. The van der Waals surface area contributed by atoms with Gasteiger partial charge in [-0.15, -0.1) is 0 Å². The number of rotatable bonds is 12. The van der Waals surface area contributed by atoms with Gasteiger partial charge in [-0.3, -0.25) is 5.32 Å². The van der Waals surface area contributed by atoms with E-state index in [1.165, 1.54) is 0 Å². The van der Waals surface area contributed by atoms with Gasteiger partial charge < -0.3 is 59.6 Å². The third-order valence-corrected chi connectivity index (χ3v) is 7.39. The molecule has 0 aromatic heterocycles. The van der Waals surface area contributed by atoms with Gasteiger partial charge in [-0.05, 0) is 35.4 Å². The lowest BCUT2D eigenvalue weighted by Gasteiger charge is -2.44. The van der Waals surface area contributed by atoms with E-state index < -0.39 is 67.9 Å². The quantitative estimate of drug-likeness (QED) is 0.141. The van der Waals surface area contributed by atoms with Crippen molar-refractivity contribution in [2.24, 2.45) is 0 Å². The third-order valence-electron chi connectivity index (χ3n) is 7.39. The van der Waals surface area contributed by atoms with Crippen molar-refractivity contribution in [1.82, 2.24) is 10.6 Å². The lowest BCUT2D eigenvalue weighted by molar-refractivity contribution is -0.312. The van der Waals surface area contributed by atoms with Crippen LogP contribution in [0.25, 0.3) is 0 Å². The highest BCUT2D eigenvalue weighted by atomic mass is 16.7. The van der Waals surface area contributed by atoms with Gasteiger partial charge in [0.25, 0.3) is 0 Å². The predicted octanol–water partition coefficient (Wildman–Crippen LogP) is -1.78. The van der Waals surface area contributed by atoms with Crippen molar-refractivity contribution in [2.75, 3.05) is 27.4 Å². The van der Waals surface area contributed by atoms with E-state index in [1.807, 2.05) is 48.5 Å². The van der Waals surface area contributed by atoms with Crippen LogP contribution in [0.5, 0.6) is 11.5 Å². The van der Waals surface area contributed by atoms with Gasteiger partial charge >= 0.3 is 0 Å². The molecule has 0 amide bonds. The van der Waals surface area contributed by atoms with E-state index in [1.54, 1.807) is 14.2 Å². The Balaban J connectivity index is 1.44. The van der Waals surface area contributed by atoms with Crippen LogP contribution >= 0.6 is 0 Å². The maximum absolute atomic E-state index is 11.1. The van der Waals surface area contributed by atoms with E-state index >= 15 is 0 Å². The molecule has 0 saturated carbocycles. The number of ether oxygens (including phenoxy) is 5. The summed E-state index contributed by atoms with van der Waals surface area (Å²) in [6, 6.07) is 14.1. The van der Waals surface area contributed by atoms with Crippen molar-refractivity contribution in [3.63, 3.8) is 0 Å². The SMILES string of the molecule is COc1ccc(CNC2O[C@H](CO[C@H]3O[C@H](CO)[C@@H](O)[C@H](O)[C@H]3O)[C@@H](O)[C@H](O)[C@H]2NCc2ccc(OC)cc2)cc1. The average molecular weight is 581 g/mol. The second-order valence-corrected chi connectivity index (χ2v) is 10.1. The highest BCUT2D eigenvalue weighted by Gasteiger charge is 2.47. The molecule has 2 aliphatic rings. The van der Waals surface area contributed by atoms with Crippen molar-refractivity contribution in [1.29, 1.82) is 0 Å². The smallest absolute Gasteiger partial charge is 0.186 e. The van der Waals surface area contributed by atoms with Gasteiger partial charge in [0.2, 0.25) is 0 Å². The summed E-state index contributed by atoms with van der Waals surface area (Å²) in [6.45, 7) is -0.190. The minimum Gasteiger partial charge on any atom is -0.497 e. The number of hydrogen-bond donors (Lipinski definition) is 8. The van der Waals surface area contributed by atoms with Crippen LogP contribution in [0.2, 0.25) is 0 Å². The molecule has 10 atom stereocenters. The average Bonchev–Trinajstić information content (AvgIpc) is 3.00. The van der Waals surface area contributed by atoms with Crippen LogP contribution in [0.1, 0.15) is 11.1 Å². The summed E-state index contributed by atoms with van der Waals surface area (Å²) in [5, 5.41) is 68.4. The molecular formula is C28H40N2O11. The normalized spacial score (nSPS) is 33.9. The minimum absolute atomic E-state index is 0.327. The summed E-state index contributed by atoms with van der Waals surface area (Å²) >= 11 is 0. The molecule has 0 spiro atoms. The molecule has 2 heterocycles. The molecule has 2 aliphatic heterocycles. The summed E-state index contributed by atoms with van der Waals surface area (Å²) in [6.07, 6.45) is -11.8. The molecule has 0 aliphatic carbocycles. The van der Waals surface area contributed by atoms with Gasteiger partial charge in [0.05, 0.1) is 33.5 Å². The fraction of sp³-hybridized carbons (Fsp3) is 0.571. The molecule has 8 N–H and O–H groups in total. The highest BCUT2D eigenvalue weighted by Crippen LogP contribution is 2.26. The Morgan fingerprint density at radius 3 is 1.73 bits per heavy atom. The number of hydrogen-bond acceptors (Lipinski definition) is 13. The van der Waals surface area contributed by atoms with Crippen molar-refractivity contribution in [2.45, 2.75) is 74.4 Å². The summed E-state index contributed by atoms with van der Waals surface area (Å²) in [5.74, 6) is 1.43. The first-order valence-corrected chi connectivity index (χ1v) is 13.4. The maximum atomic E-state index is 11.1. The zero-order chi connectivity index (χ0) is 29.5. The first-order chi connectivity index (χ1) is 19.7. The monoisotopic (exact) mass is 580 g/mol. The molecule has 2 aromatic carbocycles. The summed E-state index contributed by atoms with van der Waals surface area (Å²) < 4.78 is 27.5. The van der Waals surface area contributed by atoms with E-state index in [4.69, 9.17) is 23.7 Å². The van der Waals surface area contributed by atoms with E-state index in [2.05, 4.69) is 10.6 Å². The zero-order valence-corrected chi connectivity index (χ0v) is 22.9. The Morgan fingerprint density at radius 2 is 1.20 bits per heavy atom. The molecular weight excluding hydrogens is 540 g/mol. The van der Waals surface area contributed by atoms with Crippen LogP contribution in [0.15, 0.2) is 48.5 Å².